The van der Waals surface area contributed by atoms with Crippen LogP contribution in [-0.4, -0.2) is 42.3 Å². The fraction of sp³-hybridized carbons (Fsp3) is 0.706. The Kier molecular flexibility index (Phi) is 6.51. The molecule has 6 heteroatoms. The van der Waals surface area contributed by atoms with E-state index in [4.69, 9.17) is 4.74 Å². The number of nitrogens with zero attached hydrogens (tertiary/aromatic N) is 1. The summed E-state index contributed by atoms with van der Waals surface area (Å²) >= 11 is 5.41. The molecule has 1 aromatic heterocycles. The van der Waals surface area contributed by atoms with Gasteiger partial charge in [-0.15, -0.1) is 11.3 Å². The Morgan fingerprint density at radius 1 is 1.57 bits per heavy atom. The van der Waals surface area contributed by atoms with Crippen LogP contribution in [0.5, 0.6) is 0 Å². The lowest BCUT2D eigenvalue weighted by molar-refractivity contribution is 0.0285. The van der Waals surface area contributed by atoms with Crippen LogP contribution < -0.4 is 5.32 Å². The molecule has 2 unspecified atom stereocenters. The number of nitrogens with one attached hydrogen (secondary N) is 1. The Morgan fingerprint density at radius 2 is 2.30 bits per heavy atom. The van der Waals surface area contributed by atoms with E-state index >= 15 is 0 Å². The summed E-state index contributed by atoms with van der Waals surface area (Å²) in [6.07, 6.45) is 1.84. The summed E-state index contributed by atoms with van der Waals surface area (Å²) in [6, 6.07) is 2.49. The lowest BCUT2D eigenvalue weighted by Gasteiger charge is -2.26. The van der Waals surface area contributed by atoms with Gasteiger partial charge in [-0.2, -0.15) is 0 Å². The predicted molar refractivity (Wildman–Crippen MR) is 99.1 cm³/mol. The molecular weight excluding hydrogens is 376 g/mol. The van der Waals surface area contributed by atoms with Gasteiger partial charge in [-0.25, -0.2) is 4.79 Å². The van der Waals surface area contributed by atoms with Gasteiger partial charge >= 0.3 is 6.09 Å². The number of carbonyl (C=O) groups is 1. The van der Waals surface area contributed by atoms with Crippen LogP contribution in [0.3, 0.4) is 0 Å². The zero-order chi connectivity index (χ0) is 17.0. The highest BCUT2D eigenvalue weighted by atomic mass is 79.9. The van der Waals surface area contributed by atoms with E-state index in [0.717, 1.165) is 32.5 Å². The molecule has 0 radical (unpaired) electrons. The van der Waals surface area contributed by atoms with Crippen LogP contribution in [0.4, 0.5) is 4.79 Å². The predicted octanol–water partition coefficient (Wildman–Crippen LogP) is 4.29. The third-order valence-electron chi connectivity index (χ3n) is 4.01. The molecule has 0 aliphatic carbocycles. The molecule has 130 valence electrons. The Hall–Kier alpha value is -0.590. The van der Waals surface area contributed by atoms with Crippen molar-refractivity contribution < 1.29 is 9.53 Å². The number of thiophene rings is 1. The molecule has 0 spiro atoms. The minimum Gasteiger partial charge on any atom is -0.444 e. The van der Waals surface area contributed by atoms with E-state index in [1.54, 1.807) is 11.3 Å². The number of ether oxygens (including phenoxy) is 1. The summed E-state index contributed by atoms with van der Waals surface area (Å²) < 4.78 is 6.68. The monoisotopic (exact) mass is 402 g/mol. The second kappa shape index (κ2) is 7.99. The van der Waals surface area contributed by atoms with Crippen molar-refractivity contribution in [3.05, 3.63) is 20.8 Å². The topological polar surface area (TPSA) is 41.6 Å². The zero-order valence-electron chi connectivity index (χ0n) is 14.4. The van der Waals surface area contributed by atoms with Crippen LogP contribution in [0, 0.1) is 5.92 Å². The second-order valence-corrected chi connectivity index (χ2v) is 8.89. The van der Waals surface area contributed by atoms with E-state index in [-0.39, 0.29) is 6.09 Å². The van der Waals surface area contributed by atoms with Gasteiger partial charge in [0.25, 0.3) is 0 Å². The lowest BCUT2D eigenvalue weighted by atomic mass is 9.95. The van der Waals surface area contributed by atoms with Gasteiger partial charge in [-0.1, -0.05) is 6.92 Å². The summed E-state index contributed by atoms with van der Waals surface area (Å²) in [5, 5.41) is 5.72. The van der Waals surface area contributed by atoms with Gasteiger partial charge in [0.1, 0.15) is 5.60 Å². The normalized spacial score (nSPS) is 19.9. The van der Waals surface area contributed by atoms with Gasteiger partial charge in [0.05, 0.1) is 0 Å². The fourth-order valence-electron chi connectivity index (χ4n) is 2.95. The molecule has 2 heterocycles. The Labute approximate surface area is 151 Å². The highest BCUT2D eigenvalue weighted by Gasteiger charge is 2.34. The minimum absolute atomic E-state index is 0.187. The molecule has 1 amide bonds. The van der Waals surface area contributed by atoms with Gasteiger partial charge in [-0.05, 0) is 73.5 Å². The molecule has 1 saturated heterocycles. The molecule has 0 bridgehead atoms. The maximum Gasteiger partial charge on any atom is 0.410 e. The van der Waals surface area contributed by atoms with Crippen molar-refractivity contribution in [2.45, 2.75) is 52.2 Å². The van der Waals surface area contributed by atoms with Crippen molar-refractivity contribution >= 4 is 33.4 Å². The second-order valence-electron chi connectivity index (χ2n) is 7.04. The molecule has 4 nitrogen and oxygen atoms in total. The number of carbonyl (C=O) groups excluding carboxylic acids is 1. The van der Waals surface area contributed by atoms with E-state index in [0.29, 0.717) is 12.0 Å². The maximum atomic E-state index is 12.2. The first-order chi connectivity index (χ1) is 10.8. The van der Waals surface area contributed by atoms with Crippen molar-refractivity contribution in [2.24, 2.45) is 5.92 Å². The largest absolute Gasteiger partial charge is 0.444 e. The Bertz CT molecular complexity index is 527. The molecule has 1 aliphatic rings. The number of rotatable bonds is 5. The average molecular weight is 403 g/mol. The summed E-state index contributed by atoms with van der Waals surface area (Å²) in [5.41, 5.74) is -0.432. The van der Waals surface area contributed by atoms with Crippen LogP contribution >= 0.6 is 27.3 Å². The summed E-state index contributed by atoms with van der Waals surface area (Å²) in [7, 11) is 0. The number of hydrogen-bond donors (Lipinski definition) is 1. The summed E-state index contributed by atoms with van der Waals surface area (Å²) in [4.78, 5) is 15.5. The maximum absolute atomic E-state index is 12.2. The third-order valence-corrected chi connectivity index (χ3v) is 5.96. The first-order valence-corrected chi connectivity index (χ1v) is 9.90. The van der Waals surface area contributed by atoms with E-state index < -0.39 is 5.60 Å². The van der Waals surface area contributed by atoms with Crippen molar-refractivity contribution in [1.82, 2.24) is 10.2 Å². The highest BCUT2D eigenvalue weighted by Crippen LogP contribution is 2.29. The highest BCUT2D eigenvalue weighted by molar-refractivity contribution is 9.10. The minimum atomic E-state index is -0.432. The first-order valence-electron chi connectivity index (χ1n) is 8.23. The van der Waals surface area contributed by atoms with E-state index in [2.05, 4.69) is 39.6 Å². The molecule has 1 aromatic rings. The number of likely N-dealkylation sites (N-methyl/N-ethyl adjacent to an activating group) is 1. The molecular formula is C17H27BrN2O2S. The van der Waals surface area contributed by atoms with Gasteiger partial charge in [0.2, 0.25) is 0 Å². The van der Waals surface area contributed by atoms with Crippen LogP contribution in [0.15, 0.2) is 15.9 Å². The van der Waals surface area contributed by atoms with E-state index in [1.807, 2.05) is 25.7 Å². The van der Waals surface area contributed by atoms with E-state index in [1.165, 1.54) is 9.35 Å². The average Bonchev–Trinajstić information content (AvgIpc) is 3.06. The Balaban J connectivity index is 1.96. The number of likely N-dealkylation sites (tertiary alicyclic amines) is 1. The smallest absolute Gasteiger partial charge is 0.410 e. The molecule has 1 aliphatic heterocycles. The zero-order valence-corrected chi connectivity index (χ0v) is 16.8. The number of halogens is 1. The van der Waals surface area contributed by atoms with Crippen molar-refractivity contribution in [1.29, 1.82) is 0 Å². The van der Waals surface area contributed by atoms with Gasteiger partial charge in [0.15, 0.2) is 0 Å². The molecule has 1 fully saturated rings. The van der Waals surface area contributed by atoms with Crippen molar-refractivity contribution in [3.8, 4) is 0 Å². The quantitative estimate of drug-likeness (QED) is 0.798. The number of hydrogen-bond acceptors (Lipinski definition) is 4. The summed E-state index contributed by atoms with van der Waals surface area (Å²) in [5.74, 6) is 0.469. The molecule has 2 atom stereocenters. The van der Waals surface area contributed by atoms with Gasteiger partial charge in [0, 0.05) is 28.5 Å². The molecule has 0 aromatic carbocycles. The Morgan fingerprint density at radius 3 is 2.87 bits per heavy atom. The van der Waals surface area contributed by atoms with E-state index in [9.17, 15) is 4.79 Å². The van der Waals surface area contributed by atoms with Crippen LogP contribution in [-0.2, 0) is 11.2 Å². The van der Waals surface area contributed by atoms with Crippen molar-refractivity contribution in [3.63, 3.8) is 0 Å². The van der Waals surface area contributed by atoms with Crippen molar-refractivity contribution in [2.75, 3.05) is 19.6 Å². The van der Waals surface area contributed by atoms with Crippen LogP contribution in [0.1, 0.15) is 39.0 Å². The van der Waals surface area contributed by atoms with Gasteiger partial charge in [-0.3, -0.25) is 0 Å². The molecule has 23 heavy (non-hydrogen) atoms. The summed E-state index contributed by atoms with van der Waals surface area (Å²) in [6.45, 7) is 10.4. The first kappa shape index (κ1) is 18.7. The molecule has 2 rings (SSSR count). The fourth-order valence-corrected chi connectivity index (χ4v) is 4.52. The third kappa shape index (κ3) is 5.47. The SMILES string of the molecule is CCNC(Cc1sccc1Br)C1CCN(C(=O)OC(C)(C)C)C1. The molecule has 0 saturated carbocycles. The van der Waals surface area contributed by atoms with Crippen LogP contribution in [0.25, 0.3) is 0 Å². The lowest BCUT2D eigenvalue weighted by Crippen LogP contribution is -2.41. The van der Waals surface area contributed by atoms with Crippen LogP contribution in [0.2, 0.25) is 0 Å². The standard InChI is InChI=1S/C17H27BrN2O2S/c1-5-19-14(10-15-13(18)7-9-23-15)12-6-8-20(11-12)16(21)22-17(2,3)4/h7,9,12,14,19H,5-6,8,10-11H2,1-4H3. The van der Waals surface area contributed by atoms with Gasteiger partial charge < -0.3 is 15.0 Å². The molecule has 1 N–H and O–H groups in total. The number of amides is 1.